The number of benzene rings is 1. The van der Waals surface area contributed by atoms with Crippen molar-refractivity contribution in [2.75, 3.05) is 41.4 Å². The molecule has 8 nitrogen and oxygen atoms in total. The first-order valence-corrected chi connectivity index (χ1v) is 11.3. The van der Waals surface area contributed by atoms with Gasteiger partial charge in [0, 0.05) is 33.7 Å². The van der Waals surface area contributed by atoms with Gasteiger partial charge in [0.2, 0.25) is 10.0 Å². The van der Waals surface area contributed by atoms with Crippen LogP contribution in [0.25, 0.3) is 0 Å². The monoisotopic (exact) mass is 568 g/mol. The van der Waals surface area contributed by atoms with Gasteiger partial charge in [-0.25, -0.2) is 13.1 Å². The zero-order valence-electron chi connectivity index (χ0n) is 17.8. The average molecular weight is 569 g/mol. The number of methoxy groups -OCH3 is 2. The lowest BCUT2D eigenvalue weighted by Gasteiger charge is -2.23. The lowest BCUT2D eigenvalue weighted by atomic mass is 10.1. The molecule has 0 aliphatic rings. The van der Waals surface area contributed by atoms with Crippen LogP contribution in [0.1, 0.15) is 11.1 Å². The second-order valence-electron chi connectivity index (χ2n) is 6.29. The molecule has 0 fully saturated rings. The van der Waals surface area contributed by atoms with Crippen molar-refractivity contribution in [2.45, 2.75) is 17.7 Å². The molecule has 1 heterocycles. The zero-order chi connectivity index (χ0) is 21.4. The number of aryl methyl sites for hydroxylation is 1. The Kier molecular flexibility index (Phi) is 10.9. The molecule has 0 aliphatic carbocycles. The zero-order valence-corrected chi connectivity index (χ0v) is 21.7. The highest BCUT2D eigenvalue weighted by molar-refractivity contribution is 14.0. The number of ether oxygens (including phenoxy) is 2. The molecule has 0 aliphatic heterocycles. The van der Waals surface area contributed by atoms with E-state index in [0.29, 0.717) is 34.8 Å². The summed E-state index contributed by atoms with van der Waals surface area (Å²) in [5.74, 6) is 2.03. The molecule has 0 bridgehead atoms. The standard InChI is InChI=1S/C19H28N4O4S2.HI/c1-14-11-16(26-4)17(27-5)12-15(14)13-23(3)19(20-2)21-8-9-22-29(24,25)18-7-6-10-28-18;/h6-7,10-12,22H,8-9,13H2,1-5H3,(H,20,21);1H. The van der Waals surface area contributed by atoms with Gasteiger partial charge in [-0.05, 0) is 41.6 Å². The summed E-state index contributed by atoms with van der Waals surface area (Å²) in [6, 6.07) is 7.19. The predicted molar refractivity (Wildman–Crippen MR) is 132 cm³/mol. The van der Waals surface area contributed by atoms with Crippen LogP contribution in [-0.2, 0) is 16.6 Å². The molecule has 1 aromatic carbocycles. The van der Waals surface area contributed by atoms with Crippen molar-refractivity contribution in [3.63, 3.8) is 0 Å². The van der Waals surface area contributed by atoms with Crippen molar-refractivity contribution in [3.8, 4) is 11.5 Å². The summed E-state index contributed by atoms with van der Waals surface area (Å²) in [6.07, 6.45) is 0. The van der Waals surface area contributed by atoms with Gasteiger partial charge in [-0.1, -0.05) is 6.07 Å². The number of halogens is 1. The van der Waals surface area contributed by atoms with Crippen LogP contribution in [0.4, 0.5) is 0 Å². The summed E-state index contributed by atoms with van der Waals surface area (Å²) in [6.45, 7) is 3.28. The van der Waals surface area contributed by atoms with Crippen molar-refractivity contribution >= 4 is 51.3 Å². The molecule has 0 radical (unpaired) electrons. The fourth-order valence-corrected chi connectivity index (χ4v) is 4.82. The van der Waals surface area contributed by atoms with Gasteiger partial charge in [0.1, 0.15) is 4.21 Å². The Bertz CT molecular complexity index is 934. The molecule has 2 rings (SSSR count). The Morgan fingerprint density at radius 3 is 2.43 bits per heavy atom. The highest BCUT2D eigenvalue weighted by atomic mass is 127. The van der Waals surface area contributed by atoms with Crippen LogP contribution in [0, 0.1) is 6.92 Å². The summed E-state index contributed by atoms with van der Waals surface area (Å²) >= 11 is 1.19. The minimum absolute atomic E-state index is 0. The van der Waals surface area contributed by atoms with E-state index < -0.39 is 10.0 Å². The molecular formula is C19H29IN4O4S2. The Hall–Kier alpha value is -1.57. The Labute approximate surface area is 199 Å². The molecule has 30 heavy (non-hydrogen) atoms. The van der Waals surface area contributed by atoms with Crippen molar-refractivity contribution in [1.29, 1.82) is 0 Å². The summed E-state index contributed by atoms with van der Waals surface area (Å²) in [7, 11) is 3.37. The minimum atomic E-state index is -3.46. The lowest BCUT2D eigenvalue weighted by Crippen LogP contribution is -2.42. The third-order valence-electron chi connectivity index (χ3n) is 4.28. The van der Waals surface area contributed by atoms with E-state index in [-0.39, 0.29) is 30.5 Å². The molecule has 0 atom stereocenters. The highest BCUT2D eigenvalue weighted by Crippen LogP contribution is 2.30. The van der Waals surface area contributed by atoms with Crippen molar-refractivity contribution in [2.24, 2.45) is 4.99 Å². The van der Waals surface area contributed by atoms with E-state index in [0.717, 1.165) is 11.1 Å². The number of aliphatic imine (C=N–C) groups is 1. The molecule has 1 aromatic heterocycles. The number of rotatable bonds is 9. The van der Waals surface area contributed by atoms with E-state index in [2.05, 4.69) is 15.0 Å². The normalized spacial score (nSPS) is 11.6. The van der Waals surface area contributed by atoms with Crippen LogP contribution in [0.2, 0.25) is 0 Å². The van der Waals surface area contributed by atoms with E-state index in [1.807, 2.05) is 31.0 Å². The van der Waals surface area contributed by atoms with Gasteiger partial charge < -0.3 is 19.7 Å². The maximum Gasteiger partial charge on any atom is 0.250 e. The maximum atomic E-state index is 12.1. The Morgan fingerprint density at radius 2 is 1.87 bits per heavy atom. The summed E-state index contributed by atoms with van der Waals surface area (Å²) < 4.78 is 37.9. The number of nitrogens with zero attached hydrogens (tertiary/aromatic N) is 2. The smallest absolute Gasteiger partial charge is 0.250 e. The third kappa shape index (κ3) is 7.00. The first-order chi connectivity index (χ1) is 13.8. The lowest BCUT2D eigenvalue weighted by molar-refractivity contribution is 0.353. The number of thiophene rings is 1. The molecule has 168 valence electrons. The fourth-order valence-electron chi connectivity index (χ4n) is 2.76. The second-order valence-corrected chi connectivity index (χ2v) is 9.24. The van der Waals surface area contributed by atoms with E-state index in [9.17, 15) is 8.42 Å². The highest BCUT2D eigenvalue weighted by Gasteiger charge is 2.15. The molecule has 2 N–H and O–H groups in total. The van der Waals surface area contributed by atoms with Gasteiger partial charge >= 0.3 is 0 Å². The molecular weight excluding hydrogens is 539 g/mol. The van der Waals surface area contributed by atoms with Crippen molar-refractivity contribution in [3.05, 3.63) is 40.8 Å². The SMILES string of the molecule is CN=C(NCCNS(=O)(=O)c1cccs1)N(C)Cc1cc(OC)c(OC)cc1C.I. The number of hydrogen-bond donors (Lipinski definition) is 2. The van der Waals surface area contributed by atoms with Crippen molar-refractivity contribution in [1.82, 2.24) is 14.9 Å². The second kappa shape index (κ2) is 12.3. The number of guanidine groups is 1. The number of nitrogens with one attached hydrogen (secondary N) is 2. The summed E-state index contributed by atoms with van der Waals surface area (Å²) in [5.41, 5.74) is 2.15. The molecule has 2 aromatic rings. The summed E-state index contributed by atoms with van der Waals surface area (Å²) in [4.78, 5) is 6.23. The predicted octanol–water partition coefficient (Wildman–Crippen LogP) is 2.68. The van der Waals surface area contributed by atoms with Gasteiger partial charge in [-0.3, -0.25) is 4.99 Å². The van der Waals surface area contributed by atoms with Gasteiger partial charge in [0.05, 0.1) is 14.2 Å². The number of hydrogen-bond acceptors (Lipinski definition) is 6. The van der Waals surface area contributed by atoms with Crippen LogP contribution in [0.5, 0.6) is 11.5 Å². The van der Waals surface area contributed by atoms with Gasteiger partial charge in [0.15, 0.2) is 17.5 Å². The first-order valence-electron chi connectivity index (χ1n) is 8.98. The quantitative estimate of drug-likeness (QED) is 0.209. The Balaban J connectivity index is 0.00000450. The van der Waals surface area contributed by atoms with Gasteiger partial charge in [-0.15, -0.1) is 35.3 Å². The molecule has 0 unspecified atom stereocenters. The van der Waals surface area contributed by atoms with Gasteiger partial charge in [0.25, 0.3) is 0 Å². The molecule has 0 spiro atoms. The number of sulfonamides is 1. The topological polar surface area (TPSA) is 92.3 Å². The van der Waals surface area contributed by atoms with Crippen LogP contribution in [0.15, 0.2) is 38.8 Å². The average Bonchev–Trinajstić information content (AvgIpc) is 3.25. The maximum absolute atomic E-state index is 12.1. The van der Waals surface area contributed by atoms with Crippen molar-refractivity contribution < 1.29 is 17.9 Å². The molecule has 0 saturated heterocycles. The van der Waals surface area contributed by atoms with Crippen LogP contribution in [-0.4, -0.2) is 60.7 Å². The Morgan fingerprint density at radius 1 is 1.20 bits per heavy atom. The molecule has 11 heteroatoms. The fraction of sp³-hybridized carbons (Fsp3) is 0.421. The van der Waals surface area contributed by atoms with E-state index in [4.69, 9.17) is 9.47 Å². The largest absolute Gasteiger partial charge is 0.493 e. The van der Waals surface area contributed by atoms with Gasteiger partial charge in [-0.2, -0.15) is 0 Å². The van der Waals surface area contributed by atoms with E-state index in [1.165, 1.54) is 11.3 Å². The van der Waals surface area contributed by atoms with E-state index >= 15 is 0 Å². The minimum Gasteiger partial charge on any atom is -0.493 e. The summed E-state index contributed by atoms with van der Waals surface area (Å²) in [5, 5.41) is 4.91. The van der Waals surface area contributed by atoms with E-state index in [1.54, 1.807) is 38.8 Å². The first kappa shape index (κ1) is 26.5. The molecule has 0 saturated carbocycles. The van der Waals surface area contributed by atoms with Crippen LogP contribution in [0.3, 0.4) is 0 Å². The van der Waals surface area contributed by atoms with Crippen LogP contribution >= 0.6 is 35.3 Å². The van der Waals surface area contributed by atoms with Crippen LogP contribution < -0.4 is 19.5 Å². The third-order valence-corrected chi connectivity index (χ3v) is 7.14. The molecule has 0 amide bonds.